The van der Waals surface area contributed by atoms with Gasteiger partial charge in [0.25, 0.3) is 0 Å². The Hall–Kier alpha value is -2.28. The second-order valence-electron chi connectivity index (χ2n) is 4.20. The van der Waals surface area contributed by atoms with E-state index in [1.54, 1.807) is 25.3 Å². The monoisotopic (exact) mass is 259 g/mol. The van der Waals surface area contributed by atoms with Gasteiger partial charge in [-0.3, -0.25) is 4.79 Å². The van der Waals surface area contributed by atoms with E-state index in [4.69, 9.17) is 9.47 Å². The molecule has 0 saturated carbocycles. The summed E-state index contributed by atoms with van der Waals surface area (Å²) in [6, 6.07) is 9.32. The van der Waals surface area contributed by atoms with Gasteiger partial charge in [0.05, 0.1) is 20.3 Å². The molecule has 0 amide bonds. The van der Waals surface area contributed by atoms with E-state index in [1.165, 1.54) is 7.11 Å². The SMILES string of the molecule is C=CCC(C#N)(Cc1ccc(OC)cc1)C(=O)OC. The number of nitrogens with zero attached hydrogens (tertiary/aromatic N) is 1. The van der Waals surface area contributed by atoms with Gasteiger partial charge in [-0.05, 0) is 24.1 Å². The third-order valence-corrected chi connectivity index (χ3v) is 2.95. The normalized spacial score (nSPS) is 12.9. The first-order valence-electron chi connectivity index (χ1n) is 5.85. The van der Waals surface area contributed by atoms with Crippen molar-refractivity contribution in [3.05, 3.63) is 42.5 Å². The summed E-state index contributed by atoms with van der Waals surface area (Å²) in [5.41, 5.74) is -0.347. The summed E-state index contributed by atoms with van der Waals surface area (Å²) < 4.78 is 9.81. The first-order chi connectivity index (χ1) is 9.11. The molecule has 0 N–H and O–H groups in total. The van der Waals surface area contributed by atoms with Crippen LogP contribution in [0.1, 0.15) is 12.0 Å². The molecule has 0 fully saturated rings. The molecular weight excluding hydrogens is 242 g/mol. The molecule has 0 aromatic heterocycles. The van der Waals surface area contributed by atoms with Crippen molar-refractivity contribution in [3.8, 4) is 11.8 Å². The zero-order valence-corrected chi connectivity index (χ0v) is 11.2. The zero-order valence-electron chi connectivity index (χ0n) is 11.2. The van der Waals surface area contributed by atoms with Crippen molar-refractivity contribution in [3.63, 3.8) is 0 Å². The molecule has 0 aliphatic heterocycles. The molecule has 4 nitrogen and oxygen atoms in total. The van der Waals surface area contributed by atoms with Gasteiger partial charge in [-0.2, -0.15) is 5.26 Å². The van der Waals surface area contributed by atoms with Crippen LogP contribution in [0.2, 0.25) is 0 Å². The highest BCUT2D eigenvalue weighted by molar-refractivity contribution is 5.80. The molecule has 0 radical (unpaired) electrons. The number of hydrogen-bond donors (Lipinski definition) is 0. The number of esters is 1. The van der Waals surface area contributed by atoms with Gasteiger partial charge >= 0.3 is 5.97 Å². The Bertz CT molecular complexity index is 487. The van der Waals surface area contributed by atoms with Crippen molar-refractivity contribution in [1.29, 1.82) is 5.26 Å². The van der Waals surface area contributed by atoms with Crippen LogP contribution in [-0.2, 0) is 16.0 Å². The number of methoxy groups -OCH3 is 2. The lowest BCUT2D eigenvalue weighted by molar-refractivity contribution is -0.149. The maximum Gasteiger partial charge on any atom is 0.326 e. The Morgan fingerprint density at radius 3 is 2.47 bits per heavy atom. The van der Waals surface area contributed by atoms with Crippen molar-refractivity contribution >= 4 is 5.97 Å². The third-order valence-electron chi connectivity index (χ3n) is 2.95. The third kappa shape index (κ3) is 3.35. The molecule has 1 aromatic carbocycles. The van der Waals surface area contributed by atoms with E-state index in [-0.39, 0.29) is 12.8 Å². The molecule has 0 aliphatic rings. The second-order valence-corrected chi connectivity index (χ2v) is 4.20. The van der Waals surface area contributed by atoms with Crippen LogP contribution >= 0.6 is 0 Å². The summed E-state index contributed by atoms with van der Waals surface area (Å²) in [5, 5.41) is 9.35. The van der Waals surface area contributed by atoms with E-state index in [0.29, 0.717) is 0 Å². The number of nitriles is 1. The molecule has 0 spiro atoms. The van der Waals surface area contributed by atoms with Gasteiger partial charge in [0.2, 0.25) is 0 Å². The van der Waals surface area contributed by atoms with Crippen molar-refractivity contribution in [2.24, 2.45) is 5.41 Å². The highest BCUT2D eigenvalue weighted by Gasteiger charge is 2.39. The van der Waals surface area contributed by atoms with Crippen LogP contribution in [0.4, 0.5) is 0 Å². The van der Waals surface area contributed by atoms with E-state index in [2.05, 4.69) is 12.6 Å². The molecule has 0 saturated heterocycles. The predicted octanol–water partition coefficient (Wildman–Crippen LogP) is 2.50. The maximum atomic E-state index is 11.9. The number of carbonyl (C=O) groups excluding carboxylic acids is 1. The van der Waals surface area contributed by atoms with Crippen LogP contribution in [0, 0.1) is 16.7 Å². The van der Waals surface area contributed by atoms with E-state index in [1.807, 2.05) is 12.1 Å². The van der Waals surface area contributed by atoms with Crippen LogP contribution in [0.25, 0.3) is 0 Å². The molecule has 4 heteroatoms. The average molecular weight is 259 g/mol. The minimum atomic E-state index is -1.22. The standard InChI is InChI=1S/C15H17NO3/c1-4-9-15(11-16,14(17)19-3)10-12-5-7-13(18-2)8-6-12/h4-8H,1,9-10H2,2-3H3. The molecule has 0 bridgehead atoms. The fourth-order valence-electron chi connectivity index (χ4n) is 1.89. The van der Waals surface area contributed by atoms with Crippen molar-refractivity contribution in [1.82, 2.24) is 0 Å². The Morgan fingerprint density at radius 2 is 2.05 bits per heavy atom. The lowest BCUT2D eigenvalue weighted by Gasteiger charge is -2.22. The lowest BCUT2D eigenvalue weighted by Crippen LogP contribution is -2.32. The molecule has 0 heterocycles. The van der Waals surface area contributed by atoms with Crippen LogP contribution in [0.3, 0.4) is 0 Å². The second kappa shape index (κ2) is 6.60. The smallest absolute Gasteiger partial charge is 0.326 e. The Balaban J connectivity index is 3.02. The fourth-order valence-corrected chi connectivity index (χ4v) is 1.89. The predicted molar refractivity (Wildman–Crippen MR) is 71.6 cm³/mol. The van der Waals surface area contributed by atoms with Crippen molar-refractivity contribution < 1.29 is 14.3 Å². The van der Waals surface area contributed by atoms with Crippen LogP contribution in [0.5, 0.6) is 5.75 Å². The summed E-state index contributed by atoms with van der Waals surface area (Å²) in [6.07, 6.45) is 2.10. The molecule has 1 atom stereocenters. The quantitative estimate of drug-likeness (QED) is 0.581. The average Bonchev–Trinajstić information content (AvgIpc) is 2.46. The summed E-state index contributed by atoms with van der Waals surface area (Å²) in [7, 11) is 2.87. The van der Waals surface area contributed by atoms with Gasteiger partial charge in [-0.15, -0.1) is 6.58 Å². The number of hydrogen-bond acceptors (Lipinski definition) is 4. The topological polar surface area (TPSA) is 59.3 Å². The minimum Gasteiger partial charge on any atom is -0.497 e. The number of benzene rings is 1. The largest absolute Gasteiger partial charge is 0.497 e. The van der Waals surface area contributed by atoms with Crippen molar-refractivity contribution in [2.75, 3.05) is 14.2 Å². The molecular formula is C15H17NO3. The Labute approximate surface area is 113 Å². The van der Waals surface area contributed by atoms with Gasteiger partial charge in [-0.1, -0.05) is 18.2 Å². The Morgan fingerprint density at radius 1 is 1.42 bits per heavy atom. The van der Waals surface area contributed by atoms with Crippen LogP contribution < -0.4 is 4.74 Å². The molecule has 1 rings (SSSR count). The van der Waals surface area contributed by atoms with E-state index >= 15 is 0 Å². The van der Waals surface area contributed by atoms with Crippen LogP contribution in [-0.4, -0.2) is 20.2 Å². The van der Waals surface area contributed by atoms with E-state index < -0.39 is 11.4 Å². The summed E-state index contributed by atoms with van der Waals surface area (Å²) in [4.78, 5) is 11.9. The van der Waals surface area contributed by atoms with Crippen molar-refractivity contribution in [2.45, 2.75) is 12.8 Å². The molecule has 1 unspecified atom stereocenters. The lowest BCUT2D eigenvalue weighted by atomic mass is 9.80. The molecule has 100 valence electrons. The van der Waals surface area contributed by atoms with Gasteiger partial charge in [0, 0.05) is 6.42 Å². The number of rotatable bonds is 6. The maximum absolute atomic E-state index is 11.9. The summed E-state index contributed by atoms with van der Waals surface area (Å²) >= 11 is 0. The molecule has 19 heavy (non-hydrogen) atoms. The molecule has 1 aromatic rings. The number of allylic oxidation sites excluding steroid dienone is 1. The fraction of sp³-hybridized carbons (Fsp3) is 0.333. The van der Waals surface area contributed by atoms with Gasteiger partial charge in [0.1, 0.15) is 5.75 Å². The first-order valence-corrected chi connectivity index (χ1v) is 5.85. The Kier molecular flexibility index (Phi) is 5.13. The number of ether oxygens (including phenoxy) is 2. The summed E-state index contributed by atoms with van der Waals surface area (Å²) in [5.74, 6) is 0.193. The minimum absolute atomic E-state index is 0.252. The van der Waals surface area contributed by atoms with E-state index in [0.717, 1.165) is 11.3 Å². The first kappa shape index (κ1) is 14.8. The highest BCUT2D eigenvalue weighted by Crippen LogP contribution is 2.29. The van der Waals surface area contributed by atoms with Gasteiger partial charge in [-0.25, -0.2) is 0 Å². The molecule has 0 aliphatic carbocycles. The van der Waals surface area contributed by atoms with Gasteiger partial charge in [0.15, 0.2) is 5.41 Å². The zero-order chi connectivity index (χ0) is 14.3. The summed E-state index contributed by atoms with van der Waals surface area (Å²) in [6.45, 7) is 3.60. The van der Waals surface area contributed by atoms with Crippen LogP contribution in [0.15, 0.2) is 36.9 Å². The number of carbonyl (C=O) groups is 1. The van der Waals surface area contributed by atoms with Gasteiger partial charge < -0.3 is 9.47 Å². The highest BCUT2D eigenvalue weighted by atomic mass is 16.5. The van der Waals surface area contributed by atoms with E-state index in [9.17, 15) is 10.1 Å².